The first kappa shape index (κ1) is 34.0. The second kappa shape index (κ2) is 14.6. The van der Waals surface area contributed by atoms with Crippen molar-refractivity contribution in [2.24, 2.45) is 0 Å². The van der Waals surface area contributed by atoms with Gasteiger partial charge in [0.1, 0.15) is 0 Å². The van der Waals surface area contributed by atoms with E-state index in [1.807, 2.05) is 54.6 Å². The van der Waals surface area contributed by atoms with E-state index >= 15 is 0 Å². The van der Waals surface area contributed by atoms with Crippen molar-refractivity contribution in [1.29, 1.82) is 0 Å². The molecule has 3 aromatic heterocycles. The molecular formula is C48H36N4O3. The number of anilines is 3. The Morgan fingerprint density at radius 2 is 0.582 bits per heavy atom. The van der Waals surface area contributed by atoms with Gasteiger partial charge in [-0.1, -0.05) is 72.8 Å². The Labute approximate surface area is 318 Å². The minimum Gasteiger partial charge on any atom is -0.390 e. The third-order valence-corrected chi connectivity index (χ3v) is 10.1. The molecule has 3 heterocycles. The summed E-state index contributed by atoms with van der Waals surface area (Å²) in [6, 6.07) is 56.1. The van der Waals surface area contributed by atoms with Crippen LogP contribution in [0.2, 0.25) is 0 Å². The van der Waals surface area contributed by atoms with E-state index in [1.165, 1.54) is 0 Å². The van der Waals surface area contributed by atoms with Gasteiger partial charge in [-0.15, -0.1) is 0 Å². The van der Waals surface area contributed by atoms with Gasteiger partial charge in [0.25, 0.3) is 0 Å². The van der Waals surface area contributed by atoms with E-state index in [-0.39, 0.29) is 19.8 Å². The second-order valence-corrected chi connectivity index (χ2v) is 13.6. The molecule has 0 radical (unpaired) electrons. The molecule has 7 nitrogen and oxygen atoms in total. The summed E-state index contributed by atoms with van der Waals surface area (Å²) in [6.07, 6.45) is 0. The van der Waals surface area contributed by atoms with Gasteiger partial charge >= 0.3 is 0 Å². The van der Waals surface area contributed by atoms with Crippen LogP contribution in [0.15, 0.2) is 164 Å². The summed E-state index contributed by atoms with van der Waals surface area (Å²) < 4.78 is 0. The Morgan fingerprint density at radius 1 is 0.309 bits per heavy atom. The van der Waals surface area contributed by atoms with Crippen molar-refractivity contribution in [3.05, 3.63) is 181 Å². The van der Waals surface area contributed by atoms with Crippen LogP contribution in [0.25, 0.3) is 66.1 Å². The van der Waals surface area contributed by atoms with Crippen LogP contribution in [0.5, 0.6) is 0 Å². The van der Waals surface area contributed by atoms with E-state index < -0.39 is 0 Å². The topological polar surface area (TPSA) is 103 Å². The van der Waals surface area contributed by atoms with Gasteiger partial charge in [-0.3, -0.25) is 15.0 Å². The summed E-state index contributed by atoms with van der Waals surface area (Å²) in [5.41, 5.74) is 14.2. The summed E-state index contributed by atoms with van der Waals surface area (Å²) in [5, 5.41) is 31.6. The van der Waals surface area contributed by atoms with Crippen LogP contribution in [0.4, 0.5) is 17.1 Å². The Morgan fingerprint density at radius 3 is 0.855 bits per heavy atom. The van der Waals surface area contributed by atoms with E-state index in [0.717, 1.165) is 83.2 Å². The van der Waals surface area contributed by atoms with Gasteiger partial charge in [-0.05, 0) is 124 Å². The lowest BCUT2D eigenvalue weighted by Gasteiger charge is -2.26. The highest BCUT2D eigenvalue weighted by Crippen LogP contribution is 2.38. The van der Waals surface area contributed by atoms with Crippen LogP contribution < -0.4 is 4.90 Å². The zero-order valence-electron chi connectivity index (χ0n) is 29.8. The monoisotopic (exact) mass is 716 g/mol. The molecule has 6 aromatic carbocycles. The fourth-order valence-electron chi connectivity index (χ4n) is 7.16. The largest absolute Gasteiger partial charge is 0.390 e. The lowest BCUT2D eigenvalue weighted by Crippen LogP contribution is -2.09. The van der Waals surface area contributed by atoms with E-state index in [4.69, 9.17) is 0 Å². The molecule has 0 atom stereocenters. The van der Waals surface area contributed by atoms with E-state index in [1.54, 1.807) is 0 Å². The first-order valence-corrected chi connectivity index (χ1v) is 18.2. The predicted molar refractivity (Wildman–Crippen MR) is 221 cm³/mol. The van der Waals surface area contributed by atoms with Gasteiger partial charge in [0.05, 0.1) is 53.5 Å². The van der Waals surface area contributed by atoms with Gasteiger partial charge in [-0.25, -0.2) is 0 Å². The highest BCUT2D eigenvalue weighted by molar-refractivity contribution is 5.88. The van der Waals surface area contributed by atoms with Crippen LogP contribution in [0, 0.1) is 0 Å². The molecule has 0 aliphatic rings. The summed E-state index contributed by atoms with van der Waals surface area (Å²) in [6.45, 7) is -0.241. The van der Waals surface area contributed by atoms with Gasteiger partial charge in [-0.2, -0.15) is 0 Å². The minimum atomic E-state index is -0.0803. The molecule has 0 unspecified atom stereocenters. The molecule has 7 heteroatoms. The Balaban J connectivity index is 1.06. The maximum absolute atomic E-state index is 9.51. The fraction of sp³-hybridized carbons (Fsp3) is 0.0625. The average molecular weight is 717 g/mol. The number of aromatic nitrogens is 3. The molecule has 0 saturated carbocycles. The molecule has 0 amide bonds. The molecule has 55 heavy (non-hydrogen) atoms. The standard InChI is InChI=1S/C48H36N4O3/c53-28-40-13-1-37-25-34(10-22-46(37)49-40)31-4-16-43(17-5-31)52(44-18-6-32(7-19-44)35-11-23-47-38(26-35)2-14-41(29-54)50-47)45-20-8-33(9-21-45)36-12-24-48-39(27-36)3-15-42(30-55)51-48/h1-27,53-55H,28-30H2. The molecule has 0 aliphatic carbocycles. The van der Waals surface area contributed by atoms with Crippen molar-refractivity contribution in [3.8, 4) is 33.4 Å². The molecule has 0 bridgehead atoms. The third kappa shape index (κ3) is 6.80. The highest BCUT2D eigenvalue weighted by Gasteiger charge is 2.15. The molecule has 9 rings (SSSR count). The van der Waals surface area contributed by atoms with Crippen molar-refractivity contribution in [2.75, 3.05) is 4.90 Å². The Kier molecular flexibility index (Phi) is 9.01. The zero-order chi connectivity index (χ0) is 37.3. The normalized spacial score (nSPS) is 11.4. The summed E-state index contributed by atoms with van der Waals surface area (Å²) >= 11 is 0. The van der Waals surface area contributed by atoms with Gasteiger partial charge in [0.15, 0.2) is 0 Å². The summed E-state index contributed by atoms with van der Waals surface area (Å²) in [7, 11) is 0. The number of pyridine rings is 3. The average Bonchev–Trinajstić information content (AvgIpc) is 3.26. The number of rotatable bonds is 9. The third-order valence-electron chi connectivity index (χ3n) is 10.1. The molecular weight excluding hydrogens is 681 g/mol. The lowest BCUT2D eigenvalue weighted by atomic mass is 10.0. The maximum atomic E-state index is 9.51. The van der Waals surface area contributed by atoms with Crippen molar-refractivity contribution >= 4 is 49.8 Å². The minimum absolute atomic E-state index is 0.0803. The molecule has 9 aromatic rings. The van der Waals surface area contributed by atoms with Crippen LogP contribution in [-0.4, -0.2) is 30.3 Å². The molecule has 0 saturated heterocycles. The molecule has 0 spiro atoms. The SMILES string of the molecule is OCc1ccc2cc(-c3ccc(N(c4ccc(-c5ccc6nc(CO)ccc6c5)cc4)c4ccc(-c5ccc6nc(CO)ccc6c5)cc4)cc3)ccc2n1. The van der Waals surface area contributed by atoms with E-state index in [0.29, 0.717) is 17.1 Å². The maximum Gasteiger partial charge on any atom is 0.0853 e. The molecule has 3 N–H and O–H groups in total. The highest BCUT2D eigenvalue weighted by atomic mass is 16.3. The van der Waals surface area contributed by atoms with Crippen molar-refractivity contribution in [2.45, 2.75) is 19.8 Å². The summed E-state index contributed by atoms with van der Waals surface area (Å²) in [5.74, 6) is 0. The number of aliphatic hydroxyl groups is 3. The first-order valence-electron chi connectivity index (χ1n) is 18.2. The van der Waals surface area contributed by atoms with Crippen molar-refractivity contribution in [3.63, 3.8) is 0 Å². The Bertz CT molecular complexity index is 2510. The Hall–Kier alpha value is -6.77. The number of benzene rings is 6. The number of aliphatic hydroxyl groups excluding tert-OH is 3. The van der Waals surface area contributed by atoms with Crippen molar-refractivity contribution < 1.29 is 15.3 Å². The number of nitrogens with zero attached hydrogens (tertiary/aromatic N) is 4. The number of hydrogen-bond acceptors (Lipinski definition) is 7. The van der Waals surface area contributed by atoms with E-state index in [2.05, 4.69) is 129 Å². The van der Waals surface area contributed by atoms with Crippen LogP contribution in [0.1, 0.15) is 17.1 Å². The van der Waals surface area contributed by atoms with Gasteiger partial charge < -0.3 is 20.2 Å². The zero-order valence-corrected chi connectivity index (χ0v) is 29.8. The number of hydrogen-bond donors (Lipinski definition) is 3. The first-order chi connectivity index (χ1) is 27.0. The van der Waals surface area contributed by atoms with Gasteiger partial charge in [0.2, 0.25) is 0 Å². The molecule has 0 aliphatic heterocycles. The molecule has 266 valence electrons. The van der Waals surface area contributed by atoms with Crippen LogP contribution in [-0.2, 0) is 19.8 Å². The fourth-order valence-corrected chi connectivity index (χ4v) is 7.16. The summed E-state index contributed by atoms with van der Waals surface area (Å²) in [4.78, 5) is 15.9. The quantitative estimate of drug-likeness (QED) is 0.137. The predicted octanol–water partition coefficient (Wildman–Crippen LogP) is 10.3. The number of fused-ring (bicyclic) bond motifs is 3. The smallest absolute Gasteiger partial charge is 0.0853 e. The van der Waals surface area contributed by atoms with Crippen LogP contribution in [0.3, 0.4) is 0 Å². The second-order valence-electron chi connectivity index (χ2n) is 13.6. The van der Waals surface area contributed by atoms with E-state index in [9.17, 15) is 15.3 Å². The van der Waals surface area contributed by atoms with Crippen LogP contribution >= 0.6 is 0 Å². The molecule has 0 fully saturated rings. The van der Waals surface area contributed by atoms with Gasteiger partial charge in [0, 0.05) is 33.2 Å². The lowest BCUT2D eigenvalue weighted by molar-refractivity contribution is 0.277. The van der Waals surface area contributed by atoms with Crippen molar-refractivity contribution in [1.82, 2.24) is 15.0 Å².